The van der Waals surface area contributed by atoms with Gasteiger partial charge in [-0.15, -0.1) is 0 Å². The Bertz CT molecular complexity index is 1230. The van der Waals surface area contributed by atoms with Gasteiger partial charge in [0.25, 0.3) is 5.91 Å². The van der Waals surface area contributed by atoms with E-state index in [4.69, 9.17) is 13.9 Å². The maximum Gasteiger partial charge on any atom is 0.349 e. The Balaban J connectivity index is 1.47. The Morgan fingerprint density at radius 2 is 1.85 bits per heavy atom. The lowest BCUT2D eigenvalue weighted by molar-refractivity contribution is 0.0734. The van der Waals surface area contributed by atoms with Crippen molar-refractivity contribution < 1.29 is 23.5 Å². The lowest BCUT2D eigenvalue weighted by Gasteiger charge is -2.18. The van der Waals surface area contributed by atoms with Gasteiger partial charge in [-0.2, -0.15) is 0 Å². The largest absolute Gasteiger partial charge is 0.423 e. The molecule has 1 N–H and O–H groups in total. The number of carbonyl (C=O) groups excluding carboxylic acids is 2. The molecule has 2 aromatic carbocycles. The number of benzene rings is 2. The Morgan fingerprint density at radius 1 is 1.09 bits per heavy atom. The van der Waals surface area contributed by atoms with Gasteiger partial charge >= 0.3 is 11.6 Å². The molecule has 1 saturated heterocycles. The summed E-state index contributed by atoms with van der Waals surface area (Å²) in [6.45, 7) is 7.34. The van der Waals surface area contributed by atoms with Crippen molar-refractivity contribution in [2.45, 2.75) is 45.1 Å². The number of fused-ring (bicyclic) bond motifs is 1. The molecule has 0 saturated carbocycles. The van der Waals surface area contributed by atoms with Crippen LogP contribution >= 0.6 is 0 Å². The topological polar surface area (TPSA) is 94.8 Å². The fourth-order valence-electron chi connectivity index (χ4n) is 3.69. The Hall–Kier alpha value is -3.45. The summed E-state index contributed by atoms with van der Waals surface area (Å²) in [5, 5.41) is 3.27. The molecule has 7 heteroatoms. The van der Waals surface area contributed by atoms with Gasteiger partial charge in [0.2, 0.25) is 0 Å². The van der Waals surface area contributed by atoms with Crippen LogP contribution in [-0.4, -0.2) is 31.1 Å². The third kappa shape index (κ3) is 5.31. The molecule has 7 nitrogen and oxygen atoms in total. The summed E-state index contributed by atoms with van der Waals surface area (Å²) >= 11 is 0. The number of hydrogen-bond donors (Lipinski definition) is 1. The number of carbonyl (C=O) groups is 2. The van der Waals surface area contributed by atoms with E-state index >= 15 is 0 Å². The van der Waals surface area contributed by atoms with Gasteiger partial charge in [0.1, 0.15) is 16.9 Å². The smallest absolute Gasteiger partial charge is 0.349 e. The van der Waals surface area contributed by atoms with Crippen LogP contribution < -0.4 is 15.7 Å². The van der Waals surface area contributed by atoms with Crippen molar-refractivity contribution in [1.29, 1.82) is 0 Å². The molecule has 33 heavy (non-hydrogen) atoms. The average Bonchev–Trinajstić information content (AvgIpc) is 3.30. The monoisotopic (exact) mass is 449 g/mol. The lowest BCUT2D eigenvalue weighted by Crippen LogP contribution is -2.34. The van der Waals surface area contributed by atoms with Crippen molar-refractivity contribution in [3.63, 3.8) is 0 Å². The summed E-state index contributed by atoms with van der Waals surface area (Å²) in [5.41, 5.74) is 0.907. The zero-order chi connectivity index (χ0) is 23.6. The summed E-state index contributed by atoms with van der Waals surface area (Å²) in [6.07, 6.45) is 1.83. The Kier molecular flexibility index (Phi) is 6.33. The first-order valence-electron chi connectivity index (χ1n) is 11.0. The first-order chi connectivity index (χ1) is 15.7. The molecule has 1 unspecified atom stereocenters. The lowest BCUT2D eigenvalue weighted by atomic mass is 9.87. The fourth-order valence-corrected chi connectivity index (χ4v) is 3.69. The Morgan fingerprint density at radius 3 is 2.52 bits per heavy atom. The molecule has 1 aliphatic rings. The molecule has 0 spiro atoms. The number of esters is 1. The molecule has 0 aliphatic carbocycles. The van der Waals surface area contributed by atoms with Crippen LogP contribution in [0.1, 0.15) is 59.9 Å². The highest BCUT2D eigenvalue weighted by molar-refractivity contribution is 5.97. The van der Waals surface area contributed by atoms with Crippen LogP contribution in [-0.2, 0) is 10.2 Å². The van der Waals surface area contributed by atoms with E-state index in [1.165, 1.54) is 12.1 Å². The van der Waals surface area contributed by atoms with Gasteiger partial charge in [-0.1, -0.05) is 32.9 Å². The minimum atomic E-state index is -0.756. The highest BCUT2D eigenvalue weighted by Gasteiger charge is 2.20. The molecule has 2 heterocycles. The summed E-state index contributed by atoms with van der Waals surface area (Å²) in [6, 6.07) is 13.4. The molecule has 0 radical (unpaired) electrons. The number of nitrogens with one attached hydrogen (secondary N) is 1. The fraction of sp³-hybridized carbons (Fsp3) is 0.346. The number of amides is 1. The molecule has 1 atom stereocenters. The van der Waals surface area contributed by atoms with Crippen molar-refractivity contribution in [2.75, 3.05) is 13.2 Å². The number of rotatable bonds is 5. The van der Waals surface area contributed by atoms with Gasteiger partial charge in [0.05, 0.1) is 11.7 Å². The highest BCUT2D eigenvalue weighted by atomic mass is 16.5. The molecule has 172 valence electrons. The molecular formula is C26H27NO6. The van der Waals surface area contributed by atoms with E-state index < -0.39 is 17.5 Å². The van der Waals surface area contributed by atoms with E-state index in [1.807, 2.05) is 12.1 Å². The first-order valence-corrected chi connectivity index (χ1v) is 11.0. The van der Waals surface area contributed by atoms with Gasteiger partial charge in [-0.3, -0.25) is 4.79 Å². The molecular weight excluding hydrogens is 422 g/mol. The predicted molar refractivity (Wildman–Crippen MR) is 124 cm³/mol. The van der Waals surface area contributed by atoms with Crippen LogP contribution in [0.5, 0.6) is 5.75 Å². The summed E-state index contributed by atoms with van der Waals surface area (Å²) < 4.78 is 16.3. The molecule has 1 aliphatic heterocycles. The van der Waals surface area contributed by atoms with Crippen LogP contribution in [0.25, 0.3) is 11.0 Å². The zero-order valence-electron chi connectivity index (χ0n) is 19.0. The van der Waals surface area contributed by atoms with Crippen molar-refractivity contribution >= 4 is 22.8 Å². The van der Waals surface area contributed by atoms with Crippen molar-refractivity contribution in [3.8, 4) is 5.75 Å². The summed E-state index contributed by atoms with van der Waals surface area (Å²) in [7, 11) is 0. The van der Waals surface area contributed by atoms with E-state index in [1.54, 1.807) is 24.3 Å². The third-order valence-corrected chi connectivity index (χ3v) is 5.66. The van der Waals surface area contributed by atoms with Gasteiger partial charge in [-0.05, 0) is 54.2 Å². The van der Waals surface area contributed by atoms with E-state index in [-0.39, 0.29) is 28.4 Å². The standard InChI is InChI=1S/C26H27NO6/c1-26(2,3)18-9-6-16(7-10-18)24(29)32-19-11-8-17-13-21(25(30)33-22(17)14-19)23(28)27-15-20-5-4-12-31-20/h6-11,13-14,20H,4-5,12,15H2,1-3H3,(H,27,28). The van der Waals surface area contributed by atoms with Gasteiger partial charge in [-0.25, -0.2) is 9.59 Å². The minimum Gasteiger partial charge on any atom is -0.423 e. The first kappa shape index (κ1) is 22.7. The van der Waals surface area contributed by atoms with E-state index in [0.29, 0.717) is 24.1 Å². The minimum absolute atomic E-state index is 0.0155. The van der Waals surface area contributed by atoms with Gasteiger partial charge in [0.15, 0.2) is 0 Å². The van der Waals surface area contributed by atoms with Crippen LogP contribution in [0, 0.1) is 0 Å². The average molecular weight is 450 g/mol. The van der Waals surface area contributed by atoms with Crippen LogP contribution in [0.2, 0.25) is 0 Å². The molecule has 1 fully saturated rings. The quantitative estimate of drug-likeness (QED) is 0.356. The maximum absolute atomic E-state index is 12.5. The number of ether oxygens (including phenoxy) is 2. The van der Waals surface area contributed by atoms with Gasteiger partial charge in [0, 0.05) is 24.6 Å². The second kappa shape index (κ2) is 9.19. The van der Waals surface area contributed by atoms with Crippen molar-refractivity contribution in [1.82, 2.24) is 5.32 Å². The molecule has 1 aromatic heterocycles. The normalized spacial score (nSPS) is 16.0. The molecule has 3 aromatic rings. The van der Waals surface area contributed by atoms with Crippen LogP contribution in [0.15, 0.2) is 57.7 Å². The van der Waals surface area contributed by atoms with Crippen molar-refractivity contribution in [3.05, 3.63) is 75.6 Å². The molecule has 0 bridgehead atoms. The van der Waals surface area contributed by atoms with E-state index in [2.05, 4.69) is 26.1 Å². The van der Waals surface area contributed by atoms with Crippen molar-refractivity contribution in [2.24, 2.45) is 0 Å². The van der Waals surface area contributed by atoms with Gasteiger partial charge < -0.3 is 19.2 Å². The highest BCUT2D eigenvalue weighted by Crippen LogP contribution is 2.24. The summed E-state index contributed by atoms with van der Waals surface area (Å²) in [4.78, 5) is 37.3. The summed E-state index contributed by atoms with van der Waals surface area (Å²) in [5.74, 6) is -0.774. The molecule has 1 amide bonds. The second-order valence-electron chi connectivity index (χ2n) is 9.21. The number of hydrogen-bond acceptors (Lipinski definition) is 6. The Labute approximate surface area is 191 Å². The van der Waals surface area contributed by atoms with Crippen LogP contribution in [0.4, 0.5) is 0 Å². The van der Waals surface area contributed by atoms with E-state index in [0.717, 1.165) is 18.4 Å². The maximum atomic E-state index is 12.5. The van der Waals surface area contributed by atoms with E-state index in [9.17, 15) is 14.4 Å². The van der Waals surface area contributed by atoms with Crippen LogP contribution in [0.3, 0.4) is 0 Å². The second-order valence-corrected chi connectivity index (χ2v) is 9.21. The predicted octanol–water partition coefficient (Wildman–Crippen LogP) is 4.22. The zero-order valence-corrected chi connectivity index (χ0v) is 19.0. The molecule has 4 rings (SSSR count). The third-order valence-electron chi connectivity index (χ3n) is 5.66. The SMILES string of the molecule is CC(C)(C)c1ccc(C(=O)Oc2ccc3cc(C(=O)NCC4CCCO4)c(=O)oc3c2)cc1.